The first-order valence-electron chi connectivity index (χ1n) is 6.68. The molecule has 0 saturated heterocycles. The Kier molecular flexibility index (Phi) is 5.39. The van der Waals surface area contributed by atoms with E-state index in [9.17, 15) is 0 Å². The van der Waals surface area contributed by atoms with E-state index in [0.29, 0.717) is 25.0 Å². The molecule has 21 heavy (non-hydrogen) atoms. The van der Waals surface area contributed by atoms with E-state index in [1.165, 1.54) is 0 Å². The van der Waals surface area contributed by atoms with Crippen LogP contribution in [0.1, 0.15) is 11.5 Å². The molecule has 2 aromatic rings. The number of anilines is 1. The largest absolute Gasteiger partial charge is 0.493 e. The van der Waals surface area contributed by atoms with E-state index >= 15 is 0 Å². The van der Waals surface area contributed by atoms with Gasteiger partial charge in [0, 0.05) is 6.54 Å². The summed E-state index contributed by atoms with van der Waals surface area (Å²) < 4.78 is 15.9. The van der Waals surface area contributed by atoms with Crippen molar-refractivity contribution in [2.45, 2.75) is 13.0 Å². The van der Waals surface area contributed by atoms with Crippen molar-refractivity contribution in [1.29, 1.82) is 0 Å². The Morgan fingerprint density at radius 3 is 2.67 bits per heavy atom. The fraction of sp³-hybridized carbons (Fsp3) is 0.429. The van der Waals surface area contributed by atoms with Crippen molar-refractivity contribution < 1.29 is 13.9 Å². The van der Waals surface area contributed by atoms with Crippen molar-refractivity contribution in [3.05, 3.63) is 29.7 Å². The topological polar surface area (TPSA) is 81.4 Å². The van der Waals surface area contributed by atoms with Gasteiger partial charge in [-0.25, -0.2) is 0 Å². The van der Waals surface area contributed by atoms with Gasteiger partial charge < -0.3 is 24.5 Å². The van der Waals surface area contributed by atoms with Crippen LogP contribution in [0.3, 0.4) is 0 Å². The van der Waals surface area contributed by atoms with Crippen LogP contribution in [0.2, 0.25) is 0 Å². The molecule has 0 bridgehead atoms. The first-order chi connectivity index (χ1) is 10.3. The molecule has 0 amide bonds. The molecule has 7 heteroatoms. The van der Waals surface area contributed by atoms with E-state index in [1.54, 1.807) is 14.2 Å². The minimum absolute atomic E-state index is 0.431. The smallest absolute Gasteiger partial charge is 0.315 e. The molecule has 7 nitrogen and oxygen atoms in total. The van der Waals surface area contributed by atoms with Gasteiger partial charge in [0.1, 0.15) is 0 Å². The van der Waals surface area contributed by atoms with Crippen LogP contribution >= 0.6 is 0 Å². The van der Waals surface area contributed by atoms with Crippen LogP contribution in [0.15, 0.2) is 22.6 Å². The lowest BCUT2D eigenvalue weighted by atomic mass is 10.1. The van der Waals surface area contributed by atoms with E-state index in [2.05, 4.69) is 20.8 Å². The molecule has 0 fully saturated rings. The Morgan fingerprint density at radius 1 is 1.14 bits per heavy atom. The molecule has 0 aliphatic rings. The fourth-order valence-corrected chi connectivity index (χ4v) is 1.90. The summed E-state index contributed by atoms with van der Waals surface area (Å²) in [6.07, 6.45) is 0.810. The first kappa shape index (κ1) is 15.1. The van der Waals surface area contributed by atoms with Crippen LogP contribution in [0.4, 0.5) is 6.01 Å². The number of nitrogens with zero attached hydrogens (tertiary/aromatic N) is 2. The predicted octanol–water partition coefficient (Wildman–Crippen LogP) is 1.46. The molecule has 0 aliphatic heterocycles. The number of ether oxygens (including phenoxy) is 2. The summed E-state index contributed by atoms with van der Waals surface area (Å²) in [7, 11) is 5.08. The van der Waals surface area contributed by atoms with Crippen molar-refractivity contribution in [3.8, 4) is 11.5 Å². The SMILES string of the molecule is CNCc1nnc(NCCc2ccc(OC)c(OC)c2)o1. The third-order valence-electron chi connectivity index (χ3n) is 2.93. The molecule has 114 valence electrons. The second kappa shape index (κ2) is 7.49. The van der Waals surface area contributed by atoms with E-state index in [-0.39, 0.29) is 0 Å². The second-order valence-electron chi connectivity index (χ2n) is 4.40. The molecule has 0 spiro atoms. The minimum Gasteiger partial charge on any atom is -0.493 e. The summed E-state index contributed by atoms with van der Waals surface area (Å²) in [6, 6.07) is 6.29. The lowest BCUT2D eigenvalue weighted by Gasteiger charge is -2.09. The van der Waals surface area contributed by atoms with E-state index in [0.717, 1.165) is 23.5 Å². The number of nitrogens with one attached hydrogen (secondary N) is 2. The molecule has 1 heterocycles. The van der Waals surface area contributed by atoms with Crippen molar-refractivity contribution in [2.75, 3.05) is 33.1 Å². The maximum Gasteiger partial charge on any atom is 0.315 e. The van der Waals surface area contributed by atoms with Gasteiger partial charge in [-0.15, -0.1) is 5.10 Å². The minimum atomic E-state index is 0.431. The van der Waals surface area contributed by atoms with Crippen molar-refractivity contribution in [2.24, 2.45) is 0 Å². The van der Waals surface area contributed by atoms with Crippen LogP contribution in [0.5, 0.6) is 11.5 Å². The summed E-state index contributed by atoms with van der Waals surface area (Å²) in [4.78, 5) is 0. The van der Waals surface area contributed by atoms with Gasteiger partial charge in [0.2, 0.25) is 5.89 Å². The first-order valence-corrected chi connectivity index (χ1v) is 6.68. The molecule has 0 atom stereocenters. The lowest BCUT2D eigenvalue weighted by Crippen LogP contribution is -2.05. The quantitative estimate of drug-likeness (QED) is 0.762. The maximum absolute atomic E-state index is 5.40. The highest BCUT2D eigenvalue weighted by Crippen LogP contribution is 2.27. The molecular formula is C14H20N4O3. The van der Waals surface area contributed by atoms with Crippen LogP contribution in [-0.2, 0) is 13.0 Å². The van der Waals surface area contributed by atoms with Gasteiger partial charge in [-0.05, 0) is 31.2 Å². The number of rotatable bonds is 8. The summed E-state index contributed by atoms with van der Waals surface area (Å²) >= 11 is 0. The Morgan fingerprint density at radius 2 is 1.95 bits per heavy atom. The van der Waals surface area contributed by atoms with Gasteiger partial charge >= 0.3 is 6.01 Å². The fourth-order valence-electron chi connectivity index (χ4n) is 1.90. The second-order valence-corrected chi connectivity index (χ2v) is 4.40. The third-order valence-corrected chi connectivity index (χ3v) is 2.93. The molecule has 1 aromatic heterocycles. The highest BCUT2D eigenvalue weighted by Gasteiger charge is 2.06. The zero-order chi connectivity index (χ0) is 15.1. The van der Waals surface area contributed by atoms with Gasteiger partial charge in [-0.2, -0.15) is 0 Å². The Hall–Kier alpha value is -2.28. The van der Waals surface area contributed by atoms with Crippen LogP contribution < -0.4 is 20.1 Å². The van der Waals surface area contributed by atoms with Gasteiger partial charge in [0.05, 0.1) is 20.8 Å². The monoisotopic (exact) mass is 292 g/mol. The van der Waals surface area contributed by atoms with Gasteiger partial charge in [0.15, 0.2) is 11.5 Å². The van der Waals surface area contributed by atoms with Crippen LogP contribution in [0.25, 0.3) is 0 Å². The standard InChI is InChI=1S/C14H20N4O3/c1-15-9-13-17-18-14(21-13)16-7-6-10-4-5-11(19-2)12(8-10)20-3/h4-5,8,15H,6-7,9H2,1-3H3,(H,16,18). The highest BCUT2D eigenvalue weighted by molar-refractivity contribution is 5.43. The Bertz CT molecular complexity index is 571. The number of aromatic nitrogens is 2. The Balaban J connectivity index is 1.87. The number of benzene rings is 1. The van der Waals surface area contributed by atoms with E-state index in [1.807, 2.05) is 25.2 Å². The van der Waals surface area contributed by atoms with E-state index < -0.39 is 0 Å². The Labute approximate surface area is 123 Å². The van der Waals surface area contributed by atoms with Crippen molar-refractivity contribution in [1.82, 2.24) is 15.5 Å². The van der Waals surface area contributed by atoms with Crippen LogP contribution in [0, 0.1) is 0 Å². The molecule has 2 rings (SSSR count). The molecule has 0 saturated carbocycles. The van der Waals surface area contributed by atoms with Gasteiger partial charge in [-0.3, -0.25) is 0 Å². The molecule has 0 aliphatic carbocycles. The molecule has 0 radical (unpaired) electrons. The predicted molar refractivity (Wildman–Crippen MR) is 78.8 cm³/mol. The molecule has 2 N–H and O–H groups in total. The third kappa shape index (κ3) is 4.09. The average Bonchev–Trinajstić information content (AvgIpc) is 2.95. The van der Waals surface area contributed by atoms with Crippen molar-refractivity contribution in [3.63, 3.8) is 0 Å². The summed E-state index contributed by atoms with van der Waals surface area (Å²) in [5.41, 5.74) is 1.13. The van der Waals surface area contributed by atoms with Gasteiger partial charge in [-0.1, -0.05) is 11.2 Å². The van der Waals surface area contributed by atoms with E-state index in [4.69, 9.17) is 13.9 Å². The summed E-state index contributed by atoms with van der Waals surface area (Å²) in [6.45, 7) is 1.25. The zero-order valence-corrected chi connectivity index (χ0v) is 12.5. The average molecular weight is 292 g/mol. The maximum atomic E-state index is 5.40. The van der Waals surface area contributed by atoms with Crippen LogP contribution in [-0.4, -0.2) is 38.0 Å². The molecule has 1 aromatic carbocycles. The number of methoxy groups -OCH3 is 2. The summed E-state index contributed by atoms with van der Waals surface area (Å²) in [5, 5.41) is 13.9. The normalized spacial score (nSPS) is 10.4. The van der Waals surface area contributed by atoms with Gasteiger partial charge in [0.25, 0.3) is 0 Å². The summed E-state index contributed by atoms with van der Waals surface area (Å²) in [5.74, 6) is 2.01. The van der Waals surface area contributed by atoms with Crippen molar-refractivity contribution >= 4 is 6.01 Å². The molecular weight excluding hydrogens is 272 g/mol. The lowest BCUT2D eigenvalue weighted by molar-refractivity contribution is 0.354. The zero-order valence-electron chi connectivity index (χ0n) is 12.5. The number of hydrogen-bond acceptors (Lipinski definition) is 7. The molecule has 0 unspecified atom stereocenters. The number of hydrogen-bond donors (Lipinski definition) is 2. The highest BCUT2D eigenvalue weighted by atomic mass is 16.5.